The van der Waals surface area contributed by atoms with E-state index < -0.39 is 0 Å². The van der Waals surface area contributed by atoms with Gasteiger partial charge in [-0.3, -0.25) is 0 Å². The van der Waals surface area contributed by atoms with Crippen molar-refractivity contribution in [3.05, 3.63) is 0 Å². The summed E-state index contributed by atoms with van der Waals surface area (Å²) in [6.07, 6.45) is 0. The Morgan fingerprint density at radius 1 is 1.11 bits per heavy atom. The van der Waals surface area contributed by atoms with Crippen LogP contribution in [-0.2, 0) is 0 Å². The largest absolute Gasteiger partial charge is 0.309 e. The topological polar surface area (TPSA) is 12.0 Å². The second-order valence-electron chi connectivity index (χ2n) is 2.28. The number of nitrogens with one attached hydrogen (secondary N) is 1. The van der Waals surface area contributed by atoms with E-state index in [4.69, 9.17) is 23.2 Å². The average Bonchev–Trinajstić information content (AvgIpc) is 1.87. The van der Waals surface area contributed by atoms with Crippen LogP contribution in [0.15, 0.2) is 0 Å². The molecule has 2 unspecified atom stereocenters. The van der Waals surface area contributed by atoms with Crippen LogP contribution in [0.25, 0.3) is 0 Å². The number of rotatable bonds is 4. The fourth-order valence-corrected chi connectivity index (χ4v) is 0.753. The highest BCUT2D eigenvalue weighted by molar-refractivity contribution is 6.18. The van der Waals surface area contributed by atoms with E-state index in [9.17, 15) is 0 Å². The summed E-state index contributed by atoms with van der Waals surface area (Å²) in [4.78, 5) is 0. The monoisotopic (exact) mass is 169 g/mol. The lowest BCUT2D eigenvalue weighted by Gasteiger charge is -2.14. The van der Waals surface area contributed by atoms with Crippen molar-refractivity contribution in [1.29, 1.82) is 0 Å². The summed E-state index contributed by atoms with van der Waals surface area (Å²) in [5.74, 6) is 1.28. The summed E-state index contributed by atoms with van der Waals surface area (Å²) in [7, 11) is 0. The lowest BCUT2D eigenvalue weighted by atomic mass is 10.3. The van der Waals surface area contributed by atoms with E-state index in [0.717, 1.165) is 0 Å². The summed E-state index contributed by atoms with van der Waals surface area (Å²) in [6, 6.07) is 0.723. The van der Waals surface area contributed by atoms with E-state index in [1.807, 2.05) is 13.8 Å². The molecule has 0 aromatic carbocycles. The van der Waals surface area contributed by atoms with E-state index in [2.05, 4.69) is 5.32 Å². The van der Waals surface area contributed by atoms with Crippen LogP contribution >= 0.6 is 23.2 Å². The molecular formula is C6H13Cl2N. The van der Waals surface area contributed by atoms with Crippen LogP contribution < -0.4 is 5.32 Å². The van der Waals surface area contributed by atoms with Gasteiger partial charge in [-0.15, -0.1) is 23.2 Å². The van der Waals surface area contributed by atoms with E-state index in [0.29, 0.717) is 23.8 Å². The first kappa shape index (κ1) is 9.54. The molecule has 0 heterocycles. The van der Waals surface area contributed by atoms with Crippen LogP contribution in [0, 0.1) is 0 Å². The van der Waals surface area contributed by atoms with Crippen LogP contribution in [-0.4, -0.2) is 23.8 Å². The Morgan fingerprint density at radius 2 is 1.44 bits per heavy atom. The molecule has 0 rings (SSSR count). The molecular weight excluding hydrogens is 157 g/mol. The number of hydrogen-bond acceptors (Lipinski definition) is 1. The van der Waals surface area contributed by atoms with Gasteiger partial charge in [0.15, 0.2) is 0 Å². The predicted molar refractivity (Wildman–Crippen MR) is 43.5 cm³/mol. The molecule has 9 heavy (non-hydrogen) atoms. The van der Waals surface area contributed by atoms with Crippen molar-refractivity contribution in [2.45, 2.75) is 25.9 Å². The molecule has 0 aromatic heterocycles. The Balaban J connectivity index is 3.22. The Morgan fingerprint density at radius 3 is 1.67 bits per heavy atom. The van der Waals surface area contributed by atoms with Crippen LogP contribution in [0.5, 0.6) is 0 Å². The summed E-state index contributed by atoms with van der Waals surface area (Å²) in [6.45, 7) is 4.08. The second kappa shape index (κ2) is 5.33. The zero-order chi connectivity index (χ0) is 7.28. The van der Waals surface area contributed by atoms with Gasteiger partial charge >= 0.3 is 0 Å². The van der Waals surface area contributed by atoms with E-state index in [-0.39, 0.29) is 0 Å². The highest BCUT2D eigenvalue weighted by atomic mass is 35.5. The minimum Gasteiger partial charge on any atom is -0.309 e. The summed E-state index contributed by atoms with van der Waals surface area (Å²) < 4.78 is 0. The second-order valence-corrected chi connectivity index (χ2v) is 2.89. The molecule has 0 fully saturated rings. The average molecular weight is 170 g/mol. The maximum Gasteiger partial charge on any atom is 0.0374 e. The minimum absolute atomic E-state index is 0.361. The quantitative estimate of drug-likeness (QED) is 0.634. The number of halogens is 2. The third kappa shape index (κ3) is 5.01. The highest BCUT2D eigenvalue weighted by Crippen LogP contribution is 1.91. The van der Waals surface area contributed by atoms with Crippen molar-refractivity contribution in [3.8, 4) is 0 Å². The molecule has 0 aliphatic rings. The fourth-order valence-electron chi connectivity index (χ4n) is 0.575. The molecule has 0 radical (unpaired) electrons. The van der Waals surface area contributed by atoms with Crippen molar-refractivity contribution in [2.75, 3.05) is 11.8 Å². The van der Waals surface area contributed by atoms with Gasteiger partial charge < -0.3 is 5.32 Å². The molecule has 2 atom stereocenters. The maximum atomic E-state index is 5.55. The normalized spacial score (nSPS) is 17.3. The van der Waals surface area contributed by atoms with Gasteiger partial charge in [0.2, 0.25) is 0 Å². The molecule has 56 valence electrons. The predicted octanol–water partition coefficient (Wildman–Crippen LogP) is 1.83. The van der Waals surface area contributed by atoms with Gasteiger partial charge in [-0.1, -0.05) is 0 Å². The number of alkyl halides is 2. The Hall–Kier alpha value is 0.540. The molecule has 0 saturated carbocycles. The number of hydrogen-bond donors (Lipinski definition) is 1. The van der Waals surface area contributed by atoms with Gasteiger partial charge in [-0.05, 0) is 13.8 Å². The first-order valence-corrected chi connectivity index (χ1v) is 4.15. The molecule has 0 amide bonds. The van der Waals surface area contributed by atoms with E-state index in [1.165, 1.54) is 0 Å². The molecule has 0 aliphatic heterocycles. The lowest BCUT2D eigenvalue weighted by Crippen LogP contribution is -2.36. The molecule has 1 N–H and O–H groups in total. The highest BCUT2D eigenvalue weighted by Gasteiger charge is 2.02. The Kier molecular flexibility index (Phi) is 5.65. The summed E-state index contributed by atoms with van der Waals surface area (Å²) in [5.41, 5.74) is 0. The van der Waals surface area contributed by atoms with Crippen LogP contribution in [0.2, 0.25) is 0 Å². The van der Waals surface area contributed by atoms with Crippen molar-refractivity contribution in [2.24, 2.45) is 0 Å². The van der Waals surface area contributed by atoms with Crippen molar-refractivity contribution < 1.29 is 0 Å². The first-order valence-electron chi connectivity index (χ1n) is 3.08. The first-order chi connectivity index (χ1) is 4.20. The molecule has 0 aromatic rings. The van der Waals surface area contributed by atoms with Crippen molar-refractivity contribution in [1.82, 2.24) is 5.32 Å². The van der Waals surface area contributed by atoms with Gasteiger partial charge in [0.05, 0.1) is 0 Å². The van der Waals surface area contributed by atoms with Gasteiger partial charge in [0, 0.05) is 23.8 Å². The van der Waals surface area contributed by atoms with Crippen molar-refractivity contribution in [3.63, 3.8) is 0 Å². The summed E-state index contributed by atoms with van der Waals surface area (Å²) >= 11 is 11.1. The fraction of sp³-hybridized carbons (Fsp3) is 1.00. The van der Waals surface area contributed by atoms with E-state index >= 15 is 0 Å². The third-order valence-electron chi connectivity index (χ3n) is 1.03. The summed E-state index contributed by atoms with van der Waals surface area (Å²) in [5, 5.41) is 3.22. The molecule has 3 heteroatoms. The van der Waals surface area contributed by atoms with Crippen LogP contribution in [0.4, 0.5) is 0 Å². The molecule has 0 aliphatic carbocycles. The maximum absolute atomic E-state index is 5.55. The molecule has 0 bridgehead atoms. The van der Waals surface area contributed by atoms with Gasteiger partial charge in [0.25, 0.3) is 0 Å². The molecule has 0 spiro atoms. The van der Waals surface area contributed by atoms with Gasteiger partial charge in [-0.25, -0.2) is 0 Å². The lowest BCUT2D eigenvalue weighted by molar-refractivity contribution is 0.525. The zero-order valence-electron chi connectivity index (χ0n) is 5.82. The van der Waals surface area contributed by atoms with Gasteiger partial charge in [0.1, 0.15) is 0 Å². The molecule has 0 saturated heterocycles. The van der Waals surface area contributed by atoms with Crippen molar-refractivity contribution >= 4 is 23.2 Å². The smallest absolute Gasteiger partial charge is 0.0374 e. The van der Waals surface area contributed by atoms with E-state index in [1.54, 1.807) is 0 Å². The Bertz CT molecular complexity index is 60.1. The zero-order valence-corrected chi connectivity index (χ0v) is 7.34. The minimum atomic E-state index is 0.361. The van der Waals surface area contributed by atoms with Gasteiger partial charge in [-0.2, -0.15) is 0 Å². The third-order valence-corrected chi connectivity index (χ3v) is 1.96. The van der Waals surface area contributed by atoms with Crippen LogP contribution in [0.3, 0.4) is 0 Å². The SMILES string of the molecule is CC(CCl)NC(C)CCl. The molecule has 1 nitrogen and oxygen atoms in total. The Labute approximate surface area is 66.7 Å². The standard InChI is InChI=1S/C6H13Cl2N/c1-5(3-7)9-6(2)4-8/h5-6,9H,3-4H2,1-2H3. The van der Waals surface area contributed by atoms with Crippen LogP contribution in [0.1, 0.15) is 13.8 Å².